The number of aromatic nitrogens is 3. The number of nitrogens with zero attached hydrogens (tertiary/aromatic N) is 5. The topological polar surface area (TPSA) is 54.3 Å². The molecule has 2 aliphatic heterocycles. The van der Waals surface area contributed by atoms with Crippen molar-refractivity contribution in [2.24, 2.45) is 5.92 Å². The Labute approximate surface area is 181 Å². The Balaban J connectivity index is 1.36. The lowest BCUT2D eigenvalue weighted by Crippen LogP contribution is -2.48. The lowest BCUT2D eigenvalue weighted by Gasteiger charge is -2.44. The van der Waals surface area contributed by atoms with Crippen LogP contribution in [0.25, 0.3) is 0 Å². The molecule has 7 heteroatoms. The number of fused-ring (bicyclic) bond motifs is 4. The van der Waals surface area contributed by atoms with Gasteiger partial charge < -0.3 is 9.47 Å². The lowest BCUT2D eigenvalue weighted by atomic mass is 9.82. The fraction of sp³-hybridized carbons (Fsp3) is 0.375. The Morgan fingerprint density at radius 2 is 2.00 bits per heavy atom. The molecular formula is C24H26FN5O. The molecule has 1 fully saturated rings. The minimum absolute atomic E-state index is 0.101. The molecule has 0 amide bonds. The third-order valence-electron chi connectivity index (χ3n) is 6.37. The number of hydrogen-bond acceptors (Lipinski definition) is 5. The first-order valence-electron chi connectivity index (χ1n) is 10.7. The van der Waals surface area contributed by atoms with Crippen molar-refractivity contribution in [2.45, 2.75) is 32.0 Å². The van der Waals surface area contributed by atoms with Gasteiger partial charge in [0, 0.05) is 62.3 Å². The molecule has 6 nitrogen and oxygen atoms in total. The molecular weight excluding hydrogens is 393 g/mol. The van der Waals surface area contributed by atoms with Crippen molar-refractivity contribution in [2.75, 3.05) is 25.0 Å². The molecule has 5 rings (SSSR count). The van der Waals surface area contributed by atoms with Crippen molar-refractivity contribution in [3.63, 3.8) is 0 Å². The monoisotopic (exact) mass is 419 g/mol. The molecule has 0 saturated carbocycles. The zero-order valence-electron chi connectivity index (χ0n) is 17.6. The second-order valence-electron chi connectivity index (χ2n) is 8.72. The predicted molar refractivity (Wildman–Crippen MR) is 117 cm³/mol. The second kappa shape index (κ2) is 8.23. The number of pyridine rings is 3. The van der Waals surface area contributed by atoms with Gasteiger partial charge in [-0.3, -0.25) is 19.7 Å². The smallest absolute Gasteiger partial charge is 0.255 e. The van der Waals surface area contributed by atoms with Crippen LogP contribution in [0.4, 0.5) is 10.1 Å². The first-order chi connectivity index (χ1) is 15.1. The first-order valence-corrected chi connectivity index (χ1v) is 10.7. The summed E-state index contributed by atoms with van der Waals surface area (Å²) in [5, 5.41) is 0. The van der Waals surface area contributed by atoms with E-state index in [9.17, 15) is 9.18 Å². The van der Waals surface area contributed by atoms with Gasteiger partial charge in [0.05, 0.1) is 17.6 Å². The molecule has 3 aromatic heterocycles. The second-order valence-corrected chi connectivity index (χ2v) is 8.72. The minimum Gasteiger partial charge on any atom is -0.368 e. The quantitative estimate of drug-likeness (QED) is 0.636. The summed E-state index contributed by atoms with van der Waals surface area (Å²) in [6, 6.07) is 11.7. The van der Waals surface area contributed by atoms with Crippen LogP contribution in [-0.2, 0) is 19.6 Å². The molecule has 0 aliphatic carbocycles. The Morgan fingerprint density at radius 3 is 2.81 bits per heavy atom. The average molecular weight is 420 g/mol. The van der Waals surface area contributed by atoms with Crippen LogP contribution >= 0.6 is 0 Å². The summed E-state index contributed by atoms with van der Waals surface area (Å²) < 4.78 is 16.2. The van der Waals surface area contributed by atoms with Gasteiger partial charge in [0.25, 0.3) is 5.56 Å². The SMILES string of the molecule is CN(Cc1ccccn1)Cc1ccc2n(c1=O)C[C@H]1C[C@@H]2CN(c2ccncc2F)C1. The summed E-state index contributed by atoms with van der Waals surface area (Å²) in [6.45, 7) is 3.44. The van der Waals surface area contributed by atoms with Gasteiger partial charge in [0.15, 0.2) is 5.82 Å². The molecule has 1 saturated heterocycles. The third kappa shape index (κ3) is 3.97. The molecule has 31 heavy (non-hydrogen) atoms. The van der Waals surface area contributed by atoms with E-state index >= 15 is 0 Å². The van der Waals surface area contributed by atoms with E-state index in [0.29, 0.717) is 31.2 Å². The fourth-order valence-electron chi connectivity index (χ4n) is 5.05. The predicted octanol–water partition coefficient (Wildman–Crippen LogP) is 3.03. The molecule has 2 aliphatic rings. The van der Waals surface area contributed by atoms with Crippen molar-refractivity contribution in [1.29, 1.82) is 0 Å². The highest BCUT2D eigenvalue weighted by atomic mass is 19.1. The van der Waals surface area contributed by atoms with Crippen LogP contribution in [0.1, 0.15) is 29.3 Å². The van der Waals surface area contributed by atoms with E-state index in [1.165, 1.54) is 6.20 Å². The van der Waals surface area contributed by atoms with Gasteiger partial charge >= 0.3 is 0 Å². The van der Waals surface area contributed by atoms with E-state index in [-0.39, 0.29) is 17.3 Å². The Hall–Kier alpha value is -3.06. The molecule has 0 N–H and O–H groups in total. The number of halogens is 1. The van der Waals surface area contributed by atoms with E-state index in [1.807, 2.05) is 35.9 Å². The zero-order valence-corrected chi connectivity index (χ0v) is 17.6. The van der Waals surface area contributed by atoms with E-state index < -0.39 is 0 Å². The highest BCUT2D eigenvalue weighted by Gasteiger charge is 2.35. The van der Waals surface area contributed by atoms with Crippen molar-refractivity contribution in [1.82, 2.24) is 19.4 Å². The molecule has 0 spiro atoms. The maximum absolute atomic E-state index is 14.3. The van der Waals surface area contributed by atoms with Crippen molar-refractivity contribution in [3.05, 3.63) is 88.1 Å². The summed E-state index contributed by atoms with van der Waals surface area (Å²) >= 11 is 0. The summed E-state index contributed by atoms with van der Waals surface area (Å²) in [5.41, 5.74) is 3.56. The van der Waals surface area contributed by atoms with E-state index in [2.05, 4.69) is 25.8 Å². The molecule has 3 aromatic rings. The summed E-state index contributed by atoms with van der Waals surface area (Å²) in [5.74, 6) is 0.275. The third-order valence-corrected chi connectivity index (χ3v) is 6.37. The van der Waals surface area contributed by atoms with Crippen LogP contribution < -0.4 is 10.5 Å². The van der Waals surface area contributed by atoms with Crippen LogP contribution in [-0.4, -0.2) is 39.6 Å². The first kappa shape index (κ1) is 19.9. The van der Waals surface area contributed by atoms with Gasteiger partial charge in [0.2, 0.25) is 0 Å². The van der Waals surface area contributed by atoms with Gasteiger partial charge in [-0.05, 0) is 43.7 Å². The maximum atomic E-state index is 14.3. The van der Waals surface area contributed by atoms with Crippen LogP contribution in [0.15, 0.2) is 59.8 Å². The molecule has 0 radical (unpaired) electrons. The van der Waals surface area contributed by atoms with Crippen LogP contribution in [0.2, 0.25) is 0 Å². The fourth-order valence-corrected chi connectivity index (χ4v) is 5.05. The van der Waals surface area contributed by atoms with Crippen LogP contribution in [0.5, 0.6) is 0 Å². The van der Waals surface area contributed by atoms with Gasteiger partial charge in [-0.25, -0.2) is 4.39 Å². The van der Waals surface area contributed by atoms with E-state index in [1.54, 1.807) is 18.5 Å². The molecule has 5 heterocycles. The van der Waals surface area contributed by atoms with Crippen molar-refractivity contribution in [3.8, 4) is 0 Å². The molecule has 160 valence electrons. The Kier molecular flexibility index (Phi) is 5.28. The summed E-state index contributed by atoms with van der Waals surface area (Å²) in [4.78, 5) is 25.7. The van der Waals surface area contributed by atoms with Crippen molar-refractivity contribution >= 4 is 5.69 Å². The summed E-state index contributed by atoms with van der Waals surface area (Å²) in [7, 11) is 2.01. The Morgan fingerprint density at radius 1 is 1.10 bits per heavy atom. The van der Waals surface area contributed by atoms with E-state index in [4.69, 9.17) is 0 Å². The average Bonchev–Trinajstić information content (AvgIpc) is 2.77. The largest absolute Gasteiger partial charge is 0.368 e. The molecule has 2 atom stereocenters. The van der Waals surface area contributed by atoms with E-state index in [0.717, 1.165) is 36.5 Å². The van der Waals surface area contributed by atoms with Gasteiger partial charge in [0.1, 0.15) is 0 Å². The standard InChI is InChI=1S/C24H26FN5O/c1-28(16-20-4-2-3-8-27-20)14-18-5-6-22-19-10-17(13-30(22)24(18)31)12-29(15-19)23-7-9-26-11-21(23)25/h2-9,11,17,19H,10,12-16H2,1H3/t17-,19+/m0/s1. The van der Waals surface area contributed by atoms with Crippen LogP contribution in [0, 0.1) is 11.7 Å². The number of anilines is 1. The zero-order chi connectivity index (χ0) is 21.4. The maximum Gasteiger partial charge on any atom is 0.255 e. The molecule has 0 unspecified atom stereocenters. The number of hydrogen-bond donors (Lipinski definition) is 0. The normalized spacial score (nSPS) is 20.0. The van der Waals surface area contributed by atoms with Crippen molar-refractivity contribution < 1.29 is 4.39 Å². The minimum atomic E-state index is -0.286. The highest BCUT2D eigenvalue weighted by Crippen LogP contribution is 2.37. The molecule has 2 bridgehead atoms. The summed E-state index contributed by atoms with van der Waals surface area (Å²) in [6.07, 6.45) is 5.74. The Bertz CT molecular complexity index is 1130. The van der Waals surface area contributed by atoms with Gasteiger partial charge in [-0.1, -0.05) is 12.1 Å². The highest BCUT2D eigenvalue weighted by molar-refractivity contribution is 5.47. The van der Waals surface area contributed by atoms with Gasteiger partial charge in [-0.2, -0.15) is 0 Å². The van der Waals surface area contributed by atoms with Gasteiger partial charge in [-0.15, -0.1) is 0 Å². The number of piperidine rings is 1. The van der Waals surface area contributed by atoms with Crippen LogP contribution in [0.3, 0.4) is 0 Å². The number of rotatable bonds is 5. The lowest BCUT2D eigenvalue weighted by molar-refractivity contribution is 0.275. The molecule has 0 aromatic carbocycles.